The number of allylic oxidation sites excluding steroid dienone is 3. The number of aliphatic hydroxyl groups excluding tert-OH is 2. The van der Waals surface area contributed by atoms with Gasteiger partial charge in [-0.05, 0) is 98.0 Å². The number of fused-ring (bicyclic) bond motifs is 1. The highest BCUT2D eigenvalue weighted by molar-refractivity contribution is 5.33. The van der Waals surface area contributed by atoms with Crippen LogP contribution in [0.15, 0.2) is 36.0 Å². The van der Waals surface area contributed by atoms with Crippen LogP contribution in [0.25, 0.3) is 0 Å². The summed E-state index contributed by atoms with van der Waals surface area (Å²) < 4.78 is 0. The number of hydrogen-bond donors (Lipinski definition) is 3. The molecule has 0 heterocycles. The van der Waals surface area contributed by atoms with Crippen LogP contribution >= 0.6 is 0 Å². The summed E-state index contributed by atoms with van der Waals surface area (Å²) in [6.07, 6.45) is 12.2. The maximum atomic E-state index is 11.8. The van der Waals surface area contributed by atoms with Crippen LogP contribution in [0.3, 0.4) is 0 Å². The molecule has 0 radical (unpaired) electrons. The van der Waals surface area contributed by atoms with Crippen LogP contribution in [0.4, 0.5) is 0 Å². The van der Waals surface area contributed by atoms with Crippen molar-refractivity contribution in [2.45, 2.75) is 104 Å². The molecule has 0 saturated heterocycles. The molecule has 3 fully saturated rings. The summed E-state index contributed by atoms with van der Waals surface area (Å²) in [6, 6.07) is 0. The van der Waals surface area contributed by atoms with Gasteiger partial charge in [0.2, 0.25) is 0 Å². The van der Waals surface area contributed by atoms with Gasteiger partial charge in [0.05, 0.1) is 11.7 Å². The second-order valence-electron chi connectivity index (χ2n) is 11.6. The van der Waals surface area contributed by atoms with E-state index in [4.69, 9.17) is 0 Å². The molecule has 0 bridgehead atoms. The Morgan fingerprint density at radius 2 is 1.77 bits per heavy atom. The van der Waals surface area contributed by atoms with Crippen molar-refractivity contribution in [1.82, 2.24) is 0 Å². The molecule has 176 valence electrons. The largest absolute Gasteiger partial charge is 0.393 e. The Kier molecular flexibility index (Phi) is 7.61. The van der Waals surface area contributed by atoms with Crippen LogP contribution in [-0.2, 0) is 0 Å². The molecule has 3 heteroatoms. The molecule has 3 aliphatic rings. The van der Waals surface area contributed by atoms with Crippen LogP contribution in [0, 0.1) is 35.0 Å². The Hall–Kier alpha value is -0.900. The number of hydrogen-bond acceptors (Lipinski definition) is 3. The minimum Gasteiger partial charge on any atom is -0.393 e. The Bertz CT molecular complexity index is 707. The van der Waals surface area contributed by atoms with E-state index < -0.39 is 11.7 Å². The van der Waals surface area contributed by atoms with E-state index in [2.05, 4.69) is 53.3 Å². The van der Waals surface area contributed by atoms with Gasteiger partial charge >= 0.3 is 0 Å². The Morgan fingerprint density at radius 1 is 1.06 bits per heavy atom. The summed E-state index contributed by atoms with van der Waals surface area (Å²) in [6.45, 7) is 15.6. The van der Waals surface area contributed by atoms with Gasteiger partial charge in [-0.2, -0.15) is 0 Å². The van der Waals surface area contributed by atoms with E-state index in [-0.39, 0.29) is 17.4 Å². The summed E-state index contributed by atoms with van der Waals surface area (Å²) in [5.41, 5.74) is 0.876. The third-order valence-corrected chi connectivity index (χ3v) is 9.27. The molecule has 0 aromatic heterocycles. The molecular weight excluding hydrogens is 384 g/mol. The molecule has 3 saturated carbocycles. The van der Waals surface area contributed by atoms with Crippen molar-refractivity contribution < 1.29 is 15.3 Å². The maximum absolute atomic E-state index is 11.8. The van der Waals surface area contributed by atoms with Gasteiger partial charge in [-0.25, -0.2) is 0 Å². The van der Waals surface area contributed by atoms with Crippen molar-refractivity contribution in [3.05, 3.63) is 36.0 Å². The average molecular weight is 431 g/mol. The summed E-state index contributed by atoms with van der Waals surface area (Å²) >= 11 is 0. The first-order chi connectivity index (χ1) is 14.5. The first-order valence-electron chi connectivity index (χ1n) is 12.6. The van der Waals surface area contributed by atoms with E-state index in [1.165, 1.54) is 0 Å². The first kappa shape index (κ1) is 24.7. The molecule has 3 N–H and O–H groups in total. The molecule has 0 spiro atoms. The first-order valence-corrected chi connectivity index (χ1v) is 12.6. The zero-order chi connectivity index (χ0) is 23.0. The zero-order valence-electron chi connectivity index (χ0n) is 20.5. The fraction of sp³-hybridized carbons (Fsp3) is 0.786. The predicted octanol–water partition coefficient (Wildman–Crippen LogP) is 5.81. The van der Waals surface area contributed by atoms with Gasteiger partial charge in [0.15, 0.2) is 0 Å². The van der Waals surface area contributed by atoms with E-state index in [1.807, 2.05) is 6.08 Å². The fourth-order valence-corrected chi connectivity index (χ4v) is 6.82. The molecule has 0 aliphatic heterocycles. The minimum absolute atomic E-state index is 0.0421. The van der Waals surface area contributed by atoms with Crippen LogP contribution in [0.1, 0.15) is 86.0 Å². The Labute approximate surface area is 190 Å². The van der Waals surface area contributed by atoms with Crippen molar-refractivity contribution >= 4 is 0 Å². The van der Waals surface area contributed by atoms with Crippen LogP contribution in [-0.4, -0.2) is 33.1 Å². The predicted molar refractivity (Wildman–Crippen MR) is 129 cm³/mol. The molecule has 8 atom stereocenters. The molecule has 0 unspecified atom stereocenters. The van der Waals surface area contributed by atoms with Gasteiger partial charge in [0.25, 0.3) is 0 Å². The highest BCUT2D eigenvalue weighted by atomic mass is 16.3. The van der Waals surface area contributed by atoms with Gasteiger partial charge < -0.3 is 15.3 Å². The lowest BCUT2D eigenvalue weighted by atomic mass is 9.56. The highest BCUT2D eigenvalue weighted by Crippen LogP contribution is 2.61. The second-order valence-corrected chi connectivity index (χ2v) is 11.6. The normalized spacial score (nSPS) is 41.0. The second kappa shape index (κ2) is 9.53. The zero-order valence-corrected chi connectivity index (χ0v) is 20.5. The van der Waals surface area contributed by atoms with Crippen LogP contribution in [0.5, 0.6) is 0 Å². The van der Waals surface area contributed by atoms with Crippen molar-refractivity contribution in [3.8, 4) is 0 Å². The summed E-state index contributed by atoms with van der Waals surface area (Å²) in [4.78, 5) is 0. The standard InChI is InChI=1S/C28H46O3/c1-18(2)19(3)8-9-21(5)24-12-13-25-27(24,6)14-7-15-28(25,31)26(30)17-22-16-23(29)11-10-20(22)4/h8-9,17-19,21,23-26,29-31H,4,7,10-16H2,1-3,5-6H3/b9-8+,22-17-/t19-,21-,23-,24-,25+,26-,27-,28-/m1/s1. The summed E-state index contributed by atoms with van der Waals surface area (Å²) in [5.74, 6) is 2.33. The van der Waals surface area contributed by atoms with E-state index >= 15 is 0 Å². The summed E-state index contributed by atoms with van der Waals surface area (Å²) in [7, 11) is 0. The lowest BCUT2D eigenvalue weighted by Crippen LogP contribution is -2.56. The molecule has 3 rings (SSSR count). The van der Waals surface area contributed by atoms with Gasteiger partial charge in [-0.1, -0.05) is 58.9 Å². The lowest BCUT2D eigenvalue weighted by Gasteiger charge is -2.52. The van der Waals surface area contributed by atoms with E-state index in [9.17, 15) is 15.3 Å². The third-order valence-electron chi connectivity index (χ3n) is 9.27. The van der Waals surface area contributed by atoms with E-state index in [0.29, 0.717) is 36.5 Å². The smallest absolute Gasteiger partial charge is 0.102 e. The molecular formula is C28H46O3. The number of aliphatic hydroxyl groups is 3. The SMILES string of the molecule is C=C1CC[C@@H](O)C/C1=C/[C@@H](O)[C@@]1(O)CCC[C@]2(C)[C@@H]([C@H](C)/C=C/[C@@H](C)C(C)C)CC[C@@H]21. The van der Waals surface area contributed by atoms with Crippen molar-refractivity contribution in [3.63, 3.8) is 0 Å². The maximum Gasteiger partial charge on any atom is 0.102 e. The third kappa shape index (κ3) is 4.89. The quantitative estimate of drug-likeness (QED) is 0.466. The van der Waals surface area contributed by atoms with Gasteiger partial charge in [0, 0.05) is 0 Å². The molecule has 0 aromatic carbocycles. The van der Waals surface area contributed by atoms with Crippen LogP contribution in [0.2, 0.25) is 0 Å². The fourth-order valence-electron chi connectivity index (χ4n) is 6.82. The van der Waals surface area contributed by atoms with E-state index in [0.717, 1.165) is 49.7 Å². The average Bonchev–Trinajstić information content (AvgIpc) is 3.07. The lowest BCUT2D eigenvalue weighted by molar-refractivity contribution is -0.155. The highest BCUT2D eigenvalue weighted by Gasteiger charge is 2.59. The molecule has 31 heavy (non-hydrogen) atoms. The molecule has 3 nitrogen and oxygen atoms in total. The summed E-state index contributed by atoms with van der Waals surface area (Å²) in [5, 5.41) is 33.2. The van der Waals surface area contributed by atoms with E-state index in [1.54, 1.807) is 0 Å². The molecule has 0 amide bonds. The van der Waals surface area contributed by atoms with Crippen molar-refractivity contribution in [2.75, 3.05) is 0 Å². The Morgan fingerprint density at radius 3 is 2.45 bits per heavy atom. The van der Waals surface area contributed by atoms with Gasteiger partial charge in [0.1, 0.15) is 6.10 Å². The van der Waals surface area contributed by atoms with Crippen molar-refractivity contribution in [2.24, 2.45) is 35.0 Å². The molecule has 0 aromatic rings. The van der Waals surface area contributed by atoms with Gasteiger partial charge in [-0.15, -0.1) is 0 Å². The molecule has 3 aliphatic carbocycles. The van der Waals surface area contributed by atoms with Gasteiger partial charge in [-0.3, -0.25) is 0 Å². The Balaban J connectivity index is 1.80. The van der Waals surface area contributed by atoms with Crippen LogP contribution < -0.4 is 0 Å². The van der Waals surface area contributed by atoms with Crippen molar-refractivity contribution in [1.29, 1.82) is 0 Å². The minimum atomic E-state index is -1.09. The topological polar surface area (TPSA) is 60.7 Å². The number of rotatable bonds is 6. The monoisotopic (exact) mass is 430 g/mol.